The number of carbonyl (C=O) groups is 2. The number of hydrogen-bond acceptors (Lipinski definition) is 4. The number of amides is 2. The number of ether oxygens (including phenoxy) is 1. The Morgan fingerprint density at radius 3 is 2.87 bits per heavy atom. The Balaban J connectivity index is 2.04. The molecular weight excluding hydrogens is 294 g/mol. The second kappa shape index (κ2) is 7.14. The lowest BCUT2D eigenvalue weighted by molar-refractivity contribution is -0.130. The monoisotopic (exact) mass is 315 g/mol. The molecule has 0 fully saturated rings. The van der Waals surface area contributed by atoms with Gasteiger partial charge in [-0.25, -0.2) is 0 Å². The molecule has 0 aliphatic carbocycles. The molecule has 0 aromatic heterocycles. The molecule has 1 aliphatic heterocycles. The maximum absolute atomic E-state index is 12.3. The van der Waals surface area contributed by atoms with Crippen molar-refractivity contribution in [3.63, 3.8) is 0 Å². The maximum atomic E-state index is 12.3. The highest BCUT2D eigenvalue weighted by Crippen LogP contribution is 2.33. The summed E-state index contributed by atoms with van der Waals surface area (Å²) in [5.41, 5.74) is 0.691. The van der Waals surface area contributed by atoms with E-state index in [0.717, 1.165) is 0 Å². The molecule has 1 heterocycles. The number of nitrogens with zero attached hydrogens (tertiary/aromatic N) is 3. The molecule has 1 aromatic rings. The molecule has 1 aliphatic rings. The minimum Gasteiger partial charge on any atom is -0.479 e. The van der Waals surface area contributed by atoms with Crippen molar-refractivity contribution < 1.29 is 14.3 Å². The van der Waals surface area contributed by atoms with E-state index < -0.39 is 6.10 Å². The highest BCUT2D eigenvalue weighted by molar-refractivity contribution is 6.00. The van der Waals surface area contributed by atoms with Crippen LogP contribution in [0.1, 0.15) is 20.3 Å². The normalized spacial score (nSPS) is 17.7. The van der Waals surface area contributed by atoms with Crippen molar-refractivity contribution in [2.24, 2.45) is 5.92 Å². The van der Waals surface area contributed by atoms with E-state index in [0.29, 0.717) is 24.5 Å². The van der Waals surface area contributed by atoms with E-state index >= 15 is 0 Å². The lowest BCUT2D eigenvalue weighted by atomic mass is 10.1. The van der Waals surface area contributed by atoms with Crippen LogP contribution in [0.3, 0.4) is 0 Å². The summed E-state index contributed by atoms with van der Waals surface area (Å²) in [5, 5.41) is 8.82. The van der Waals surface area contributed by atoms with Crippen molar-refractivity contribution in [2.75, 3.05) is 25.0 Å². The summed E-state index contributed by atoms with van der Waals surface area (Å²) in [5.74, 6) is 0.203. The molecule has 2 amide bonds. The number of hydrogen-bond donors (Lipinski definition) is 0. The van der Waals surface area contributed by atoms with E-state index in [1.807, 2.05) is 24.3 Å². The molecule has 0 N–H and O–H groups in total. The predicted molar refractivity (Wildman–Crippen MR) is 85.9 cm³/mol. The second-order valence-electron chi connectivity index (χ2n) is 5.77. The smallest absolute Gasteiger partial charge is 0.267 e. The molecule has 23 heavy (non-hydrogen) atoms. The first-order valence-corrected chi connectivity index (χ1v) is 7.64. The van der Waals surface area contributed by atoms with E-state index in [1.54, 1.807) is 25.8 Å². The van der Waals surface area contributed by atoms with Crippen molar-refractivity contribution >= 4 is 17.5 Å². The summed E-state index contributed by atoms with van der Waals surface area (Å²) in [4.78, 5) is 27.6. The summed E-state index contributed by atoms with van der Waals surface area (Å²) in [6.45, 7) is 4.16. The number of benzene rings is 1. The van der Waals surface area contributed by atoms with Crippen LogP contribution in [0.25, 0.3) is 0 Å². The Labute approximate surface area is 136 Å². The predicted octanol–water partition coefficient (Wildman–Crippen LogP) is 1.81. The topological polar surface area (TPSA) is 73.6 Å². The number of para-hydroxylation sites is 2. The van der Waals surface area contributed by atoms with Crippen LogP contribution < -0.4 is 9.64 Å². The maximum Gasteiger partial charge on any atom is 0.267 e. The molecule has 0 saturated heterocycles. The summed E-state index contributed by atoms with van der Waals surface area (Å²) in [7, 11) is 1.67. The Kier molecular flexibility index (Phi) is 5.22. The molecule has 6 heteroatoms. The zero-order chi connectivity index (χ0) is 17.0. The Morgan fingerprint density at radius 2 is 2.17 bits per heavy atom. The van der Waals surface area contributed by atoms with Crippen molar-refractivity contribution in [2.45, 2.75) is 26.4 Å². The highest BCUT2D eigenvalue weighted by Gasteiger charge is 2.31. The van der Waals surface area contributed by atoms with Gasteiger partial charge in [0.05, 0.1) is 17.7 Å². The standard InChI is InChI=1S/C17H21N3O3/c1-12(10-18)11-19(3)16(21)8-9-20-14-6-4-5-7-15(14)23-13(2)17(20)22/h4-7,12-13H,8-9,11H2,1-3H3/t12-,13-/m0/s1. The van der Waals surface area contributed by atoms with Crippen LogP contribution in [0.15, 0.2) is 24.3 Å². The molecule has 2 rings (SSSR count). The average Bonchev–Trinajstić information content (AvgIpc) is 2.54. The fraction of sp³-hybridized carbons (Fsp3) is 0.471. The zero-order valence-corrected chi connectivity index (χ0v) is 13.7. The minimum absolute atomic E-state index is 0.0865. The quantitative estimate of drug-likeness (QED) is 0.830. The van der Waals surface area contributed by atoms with Crippen molar-refractivity contribution in [1.29, 1.82) is 5.26 Å². The van der Waals surface area contributed by atoms with Crippen LogP contribution in [0.5, 0.6) is 5.75 Å². The van der Waals surface area contributed by atoms with Crippen LogP contribution in [-0.4, -0.2) is 43.0 Å². The summed E-state index contributed by atoms with van der Waals surface area (Å²) < 4.78 is 5.57. The third-order valence-electron chi connectivity index (χ3n) is 3.82. The number of nitriles is 1. The highest BCUT2D eigenvalue weighted by atomic mass is 16.5. The van der Waals surface area contributed by atoms with E-state index in [-0.39, 0.29) is 24.2 Å². The lowest BCUT2D eigenvalue weighted by Crippen LogP contribution is -2.46. The van der Waals surface area contributed by atoms with Crippen LogP contribution in [-0.2, 0) is 9.59 Å². The third-order valence-corrected chi connectivity index (χ3v) is 3.82. The van der Waals surface area contributed by atoms with Crippen molar-refractivity contribution in [1.82, 2.24) is 4.90 Å². The number of carbonyl (C=O) groups excluding carboxylic acids is 2. The molecule has 2 atom stereocenters. The van der Waals surface area contributed by atoms with E-state index in [4.69, 9.17) is 10.00 Å². The zero-order valence-electron chi connectivity index (χ0n) is 13.7. The molecular formula is C17H21N3O3. The van der Waals surface area contributed by atoms with Crippen LogP contribution in [0, 0.1) is 17.2 Å². The third kappa shape index (κ3) is 3.81. The molecule has 0 radical (unpaired) electrons. The van der Waals surface area contributed by atoms with Gasteiger partial charge in [0.25, 0.3) is 5.91 Å². The van der Waals surface area contributed by atoms with Crippen LogP contribution in [0.2, 0.25) is 0 Å². The summed E-state index contributed by atoms with van der Waals surface area (Å²) in [6.07, 6.45) is -0.349. The van der Waals surface area contributed by atoms with Crippen LogP contribution >= 0.6 is 0 Å². The van der Waals surface area contributed by atoms with Gasteiger partial charge in [0.15, 0.2) is 6.10 Å². The Hall–Kier alpha value is -2.55. The minimum atomic E-state index is -0.559. The first kappa shape index (κ1) is 16.8. The average molecular weight is 315 g/mol. The molecule has 0 spiro atoms. The molecule has 0 saturated carbocycles. The van der Waals surface area contributed by atoms with Gasteiger partial charge in [-0.2, -0.15) is 5.26 Å². The van der Waals surface area contributed by atoms with E-state index in [1.165, 1.54) is 4.90 Å². The SMILES string of the molecule is C[C@@H]1Oc2ccccc2N(CCC(=O)N(C)C[C@@H](C)C#N)C1=O. The molecule has 6 nitrogen and oxygen atoms in total. The van der Waals surface area contributed by atoms with Crippen molar-refractivity contribution in [3.05, 3.63) is 24.3 Å². The molecule has 0 bridgehead atoms. The fourth-order valence-electron chi connectivity index (χ4n) is 2.54. The van der Waals surface area contributed by atoms with Crippen molar-refractivity contribution in [3.8, 4) is 11.8 Å². The number of fused-ring (bicyclic) bond motifs is 1. The second-order valence-corrected chi connectivity index (χ2v) is 5.77. The molecule has 122 valence electrons. The van der Waals surface area contributed by atoms with Gasteiger partial charge in [0, 0.05) is 26.6 Å². The van der Waals surface area contributed by atoms with Gasteiger partial charge in [-0.15, -0.1) is 0 Å². The van der Waals surface area contributed by atoms with E-state index in [9.17, 15) is 9.59 Å². The summed E-state index contributed by atoms with van der Waals surface area (Å²) in [6, 6.07) is 9.41. The summed E-state index contributed by atoms with van der Waals surface area (Å²) >= 11 is 0. The first-order chi connectivity index (χ1) is 10.9. The Morgan fingerprint density at radius 1 is 1.48 bits per heavy atom. The lowest BCUT2D eigenvalue weighted by Gasteiger charge is -2.33. The first-order valence-electron chi connectivity index (χ1n) is 7.64. The van der Waals surface area contributed by atoms with Gasteiger partial charge in [-0.05, 0) is 26.0 Å². The number of anilines is 1. The van der Waals surface area contributed by atoms with Gasteiger partial charge >= 0.3 is 0 Å². The van der Waals surface area contributed by atoms with Gasteiger partial charge in [0.2, 0.25) is 5.91 Å². The number of rotatable bonds is 5. The van der Waals surface area contributed by atoms with Crippen LogP contribution in [0.4, 0.5) is 5.69 Å². The van der Waals surface area contributed by atoms with Gasteiger partial charge in [-0.1, -0.05) is 12.1 Å². The molecule has 0 unspecified atom stereocenters. The van der Waals surface area contributed by atoms with Gasteiger partial charge in [-0.3, -0.25) is 9.59 Å². The van der Waals surface area contributed by atoms with Gasteiger partial charge < -0.3 is 14.5 Å². The molecule has 1 aromatic carbocycles. The Bertz CT molecular complexity index is 638. The van der Waals surface area contributed by atoms with Gasteiger partial charge in [0.1, 0.15) is 5.75 Å². The fourth-order valence-corrected chi connectivity index (χ4v) is 2.54. The largest absolute Gasteiger partial charge is 0.479 e. The van der Waals surface area contributed by atoms with E-state index in [2.05, 4.69) is 6.07 Å².